The predicted octanol–water partition coefficient (Wildman–Crippen LogP) is 2.55. The Hall–Kier alpha value is -3.88. The molecule has 2 aromatic carbocycles. The Morgan fingerprint density at radius 3 is 2.62 bits per heavy atom. The lowest BCUT2D eigenvalue weighted by molar-refractivity contribution is -0.130. The first kappa shape index (κ1) is 20.0. The van der Waals surface area contributed by atoms with Crippen molar-refractivity contribution in [1.82, 2.24) is 29.9 Å². The molecule has 1 aliphatic rings. The summed E-state index contributed by atoms with van der Waals surface area (Å²) in [6, 6.07) is 14.2. The number of piperazine rings is 1. The number of carbonyl (C=O) groups excluding carboxylic acids is 1. The highest BCUT2D eigenvalue weighted by atomic mass is 19.1. The normalized spacial score (nSPS) is 14.2. The van der Waals surface area contributed by atoms with E-state index >= 15 is 0 Å². The number of hydrogen-bond donors (Lipinski definition) is 0. The smallest absolute Gasteiger partial charge is 0.227 e. The SMILES string of the molecule is Cc1cccc(CC(=O)N2CCN(c3ncnc4c3nnn4-c3cccc(F)c3)CC2)c1. The van der Waals surface area contributed by atoms with Gasteiger partial charge in [0.25, 0.3) is 0 Å². The first-order valence-electron chi connectivity index (χ1n) is 10.5. The van der Waals surface area contributed by atoms with Crippen LogP contribution in [0.5, 0.6) is 0 Å². The number of carbonyl (C=O) groups is 1. The molecule has 5 rings (SSSR count). The van der Waals surface area contributed by atoms with Gasteiger partial charge >= 0.3 is 0 Å². The Morgan fingerprint density at radius 1 is 1.03 bits per heavy atom. The molecule has 1 saturated heterocycles. The summed E-state index contributed by atoms with van der Waals surface area (Å²) in [5.41, 5.74) is 3.79. The van der Waals surface area contributed by atoms with Crippen molar-refractivity contribution in [2.24, 2.45) is 0 Å². The molecule has 3 heterocycles. The van der Waals surface area contributed by atoms with Gasteiger partial charge in [0.2, 0.25) is 5.91 Å². The van der Waals surface area contributed by atoms with Gasteiger partial charge in [-0.25, -0.2) is 14.4 Å². The Morgan fingerprint density at radius 2 is 1.84 bits per heavy atom. The summed E-state index contributed by atoms with van der Waals surface area (Å²) in [6.07, 6.45) is 1.87. The molecule has 32 heavy (non-hydrogen) atoms. The molecule has 162 valence electrons. The van der Waals surface area contributed by atoms with E-state index in [9.17, 15) is 9.18 Å². The summed E-state index contributed by atoms with van der Waals surface area (Å²) >= 11 is 0. The fourth-order valence-corrected chi connectivity index (χ4v) is 4.03. The maximum absolute atomic E-state index is 13.7. The van der Waals surface area contributed by atoms with Crippen LogP contribution in [0.15, 0.2) is 54.9 Å². The largest absolute Gasteiger partial charge is 0.351 e. The number of aryl methyl sites for hydroxylation is 1. The lowest BCUT2D eigenvalue weighted by Gasteiger charge is -2.35. The van der Waals surface area contributed by atoms with Crippen LogP contribution in [-0.2, 0) is 11.2 Å². The van der Waals surface area contributed by atoms with Crippen molar-refractivity contribution in [2.45, 2.75) is 13.3 Å². The van der Waals surface area contributed by atoms with Crippen LogP contribution in [0.25, 0.3) is 16.9 Å². The van der Waals surface area contributed by atoms with Crippen LogP contribution < -0.4 is 4.90 Å². The first-order valence-corrected chi connectivity index (χ1v) is 10.5. The summed E-state index contributed by atoms with van der Waals surface area (Å²) < 4.78 is 15.2. The quantitative estimate of drug-likeness (QED) is 0.494. The number of benzene rings is 2. The lowest BCUT2D eigenvalue weighted by Crippen LogP contribution is -2.49. The maximum Gasteiger partial charge on any atom is 0.227 e. The number of amides is 1. The van der Waals surface area contributed by atoms with E-state index in [0.29, 0.717) is 55.3 Å². The molecule has 0 bridgehead atoms. The second kappa shape index (κ2) is 8.33. The van der Waals surface area contributed by atoms with E-state index in [1.54, 1.807) is 12.1 Å². The molecule has 4 aromatic rings. The van der Waals surface area contributed by atoms with Gasteiger partial charge in [-0.15, -0.1) is 5.10 Å². The van der Waals surface area contributed by atoms with E-state index in [1.807, 2.05) is 36.1 Å². The zero-order chi connectivity index (χ0) is 22.1. The minimum absolute atomic E-state index is 0.125. The topological polar surface area (TPSA) is 80.0 Å². The average molecular weight is 431 g/mol. The molecule has 2 aromatic heterocycles. The fraction of sp³-hybridized carbons (Fsp3) is 0.261. The van der Waals surface area contributed by atoms with E-state index in [2.05, 4.69) is 25.2 Å². The van der Waals surface area contributed by atoms with Crippen LogP contribution in [0, 0.1) is 12.7 Å². The molecule has 0 saturated carbocycles. The van der Waals surface area contributed by atoms with E-state index in [4.69, 9.17) is 0 Å². The van der Waals surface area contributed by atoms with Crippen LogP contribution in [0.3, 0.4) is 0 Å². The van der Waals surface area contributed by atoms with Crippen molar-refractivity contribution in [3.05, 3.63) is 71.8 Å². The summed E-state index contributed by atoms with van der Waals surface area (Å²) in [7, 11) is 0. The number of halogens is 1. The highest BCUT2D eigenvalue weighted by molar-refractivity contribution is 5.84. The molecule has 0 spiro atoms. The van der Waals surface area contributed by atoms with Crippen LogP contribution in [0.1, 0.15) is 11.1 Å². The highest BCUT2D eigenvalue weighted by Gasteiger charge is 2.25. The van der Waals surface area contributed by atoms with Gasteiger partial charge in [-0.1, -0.05) is 41.1 Å². The van der Waals surface area contributed by atoms with Gasteiger partial charge in [0.15, 0.2) is 17.0 Å². The van der Waals surface area contributed by atoms with Crippen molar-refractivity contribution in [3.63, 3.8) is 0 Å². The molecule has 8 nitrogen and oxygen atoms in total. The minimum Gasteiger partial charge on any atom is -0.351 e. The first-order chi connectivity index (χ1) is 15.6. The number of hydrogen-bond acceptors (Lipinski definition) is 6. The molecule has 0 radical (unpaired) electrons. The van der Waals surface area contributed by atoms with Gasteiger partial charge in [0.1, 0.15) is 12.1 Å². The maximum atomic E-state index is 13.7. The molecule has 9 heteroatoms. The van der Waals surface area contributed by atoms with Crippen molar-refractivity contribution in [2.75, 3.05) is 31.1 Å². The monoisotopic (exact) mass is 431 g/mol. The number of fused-ring (bicyclic) bond motifs is 1. The van der Waals surface area contributed by atoms with E-state index in [0.717, 1.165) is 11.1 Å². The zero-order valence-electron chi connectivity index (χ0n) is 17.6. The minimum atomic E-state index is -0.355. The second-order valence-electron chi connectivity index (χ2n) is 7.88. The van der Waals surface area contributed by atoms with Gasteiger partial charge in [-0.05, 0) is 30.7 Å². The average Bonchev–Trinajstić information content (AvgIpc) is 3.24. The molecule has 0 N–H and O–H groups in total. The van der Waals surface area contributed by atoms with Gasteiger partial charge in [-0.2, -0.15) is 4.68 Å². The molecular weight excluding hydrogens is 409 g/mol. The highest BCUT2D eigenvalue weighted by Crippen LogP contribution is 2.24. The fourth-order valence-electron chi connectivity index (χ4n) is 4.03. The number of anilines is 1. The van der Waals surface area contributed by atoms with E-state index in [1.165, 1.54) is 23.1 Å². The van der Waals surface area contributed by atoms with Crippen molar-refractivity contribution >= 4 is 22.9 Å². The Labute approximate surface area is 184 Å². The molecule has 0 aliphatic carbocycles. The van der Waals surface area contributed by atoms with Gasteiger partial charge in [0, 0.05) is 26.2 Å². The molecule has 0 atom stereocenters. The number of aromatic nitrogens is 5. The molecule has 1 aliphatic heterocycles. The Kier molecular flexibility index (Phi) is 5.22. The summed E-state index contributed by atoms with van der Waals surface area (Å²) in [6.45, 7) is 4.51. The van der Waals surface area contributed by atoms with Gasteiger partial charge in [0.05, 0.1) is 12.1 Å². The van der Waals surface area contributed by atoms with Crippen molar-refractivity contribution in [1.29, 1.82) is 0 Å². The van der Waals surface area contributed by atoms with Crippen LogP contribution in [0.4, 0.5) is 10.2 Å². The zero-order valence-corrected chi connectivity index (χ0v) is 17.6. The lowest BCUT2D eigenvalue weighted by atomic mass is 10.1. The summed E-state index contributed by atoms with van der Waals surface area (Å²) in [5, 5.41) is 8.43. The predicted molar refractivity (Wildman–Crippen MR) is 118 cm³/mol. The summed E-state index contributed by atoms with van der Waals surface area (Å²) in [5.74, 6) is 0.440. The van der Waals surface area contributed by atoms with E-state index in [-0.39, 0.29) is 11.7 Å². The standard InChI is InChI=1S/C23H22FN7O/c1-16-4-2-5-17(12-16)13-20(32)29-8-10-30(11-9-29)22-21-23(26-15-25-22)31(28-27-21)19-7-3-6-18(24)14-19/h2-7,12,14-15H,8-11,13H2,1H3. The van der Waals surface area contributed by atoms with Crippen LogP contribution in [0.2, 0.25) is 0 Å². The Bertz CT molecular complexity index is 1280. The molecule has 1 fully saturated rings. The third-order valence-electron chi connectivity index (χ3n) is 5.64. The second-order valence-corrected chi connectivity index (χ2v) is 7.88. The van der Waals surface area contributed by atoms with Crippen LogP contribution in [-0.4, -0.2) is 61.9 Å². The summed E-state index contributed by atoms with van der Waals surface area (Å²) in [4.78, 5) is 25.5. The number of nitrogens with zero attached hydrogens (tertiary/aromatic N) is 7. The Balaban J connectivity index is 1.31. The molecule has 0 unspecified atom stereocenters. The molecule has 1 amide bonds. The third-order valence-corrected chi connectivity index (χ3v) is 5.64. The third kappa shape index (κ3) is 3.89. The van der Waals surface area contributed by atoms with E-state index < -0.39 is 0 Å². The van der Waals surface area contributed by atoms with Crippen LogP contribution >= 0.6 is 0 Å². The number of rotatable bonds is 4. The van der Waals surface area contributed by atoms with Crippen molar-refractivity contribution in [3.8, 4) is 5.69 Å². The van der Waals surface area contributed by atoms with Gasteiger partial charge < -0.3 is 9.80 Å². The molecular formula is C23H22FN7O. The van der Waals surface area contributed by atoms with Crippen molar-refractivity contribution < 1.29 is 9.18 Å². The van der Waals surface area contributed by atoms with Gasteiger partial charge in [-0.3, -0.25) is 4.79 Å².